The molecule has 0 radical (unpaired) electrons. The lowest BCUT2D eigenvalue weighted by Crippen LogP contribution is -2.51. The Labute approximate surface area is 196 Å². The lowest BCUT2D eigenvalue weighted by atomic mass is 10.2. The first-order valence-corrected chi connectivity index (χ1v) is 12.0. The molecule has 8 nitrogen and oxygen atoms in total. The van der Waals surface area contributed by atoms with Crippen molar-refractivity contribution in [3.63, 3.8) is 0 Å². The molecule has 2 aromatic rings. The third kappa shape index (κ3) is 4.50. The van der Waals surface area contributed by atoms with E-state index >= 15 is 0 Å². The number of thioether (sulfide) groups is 1. The van der Waals surface area contributed by atoms with Crippen LogP contribution in [0.2, 0.25) is 0 Å². The van der Waals surface area contributed by atoms with Crippen molar-refractivity contribution in [2.45, 2.75) is 35.8 Å². The normalized spacial score (nSPS) is 19.6. The molecular weight excluding hydrogens is 442 g/mol. The molecule has 2 aromatic carbocycles. The Morgan fingerprint density at radius 2 is 1.76 bits per heavy atom. The van der Waals surface area contributed by atoms with E-state index in [4.69, 9.17) is 9.47 Å². The van der Waals surface area contributed by atoms with Gasteiger partial charge in [0.2, 0.25) is 18.6 Å². The number of benzene rings is 2. The minimum Gasteiger partial charge on any atom is -0.454 e. The Morgan fingerprint density at radius 1 is 1.00 bits per heavy atom. The highest BCUT2D eigenvalue weighted by molar-refractivity contribution is 8.01. The summed E-state index contributed by atoms with van der Waals surface area (Å²) in [5.41, 5.74) is 1.20. The number of fused-ring (bicyclic) bond motifs is 2. The molecular formula is C24H25N3O5S. The molecule has 3 aliphatic rings. The Morgan fingerprint density at radius 3 is 2.58 bits per heavy atom. The van der Waals surface area contributed by atoms with Crippen LogP contribution in [-0.4, -0.2) is 54.3 Å². The minimum atomic E-state index is -0.878. The maximum absolute atomic E-state index is 13.4. The highest BCUT2D eigenvalue weighted by Crippen LogP contribution is 2.40. The smallest absolute Gasteiger partial charge is 0.250 e. The summed E-state index contributed by atoms with van der Waals surface area (Å²) in [6, 6.07) is 12.5. The molecule has 3 heterocycles. The molecule has 33 heavy (non-hydrogen) atoms. The Balaban J connectivity index is 1.34. The second-order valence-electron chi connectivity index (χ2n) is 8.25. The number of anilines is 2. The summed E-state index contributed by atoms with van der Waals surface area (Å²) in [4.78, 5) is 43.7. The summed E-state index contributed by atoms with van der Waals surface area (Å²) in [5, 5.41) is 1.94. The first-order valence-electron chi connectivity index (χ1n) is 11.2. The van der Waals surface area contributed by atoms with Gasteiger partial charge < -0.3 is 24.6 Å². The van der Waals surface area contributed by atoms with Gasteiger partial charge >= 0.3 is 0 Å². The van der Waals surface area contributed by atoms with E-state index in [1.165, 1.54) is 16.7 Å². The maximum Gasteiger partial charge on any atom is 0.250 e. The van der Waals surface area contributed by atoms with Crippen LogP contribution in [0.3, 0.4) is 0 Å². The van der Waals surface area contributed by atoms with Gasteiger partial charge in [0.25, 0.3) is 5.91 Å². The largest absolute Gasteiger partial charge is 0.454 e. The van der Waals surface area contributed by atoms with Crippen molar-refractivity contribution in [3.05, 3.63) is 42.5 Å². The van der Waals surface area contributed by atoms with Crippen molar-refractivity contribution >= 4 is 40.9 Å². The standard InChI is InChI=1S/C24H25N3O5S/c28-21(25-16-9-10-18-19(13-16)32-15-31-18)14-27-17-7-3-4-8-20(17)33-22(24(27)30)23(29)26-11-5-1-2-6-12-26/h3-4,7-10,13,22H,1-2,5-6,11-12,14-15H2,(H,25,28). The summed E-state index contributed by atoms with van der Waals surface area (Å²) < 4.78 is 10.7. The molecule has 3 amide bonds. The van der Waals surface area contributed by atoms with Crippen molar-refractivity contribution in [1.82, 2.24) is 4.90 Å². The van der Waals surface area contributed by atoms with Gasteiger partial charge in [0, 0.05) is 29.7 Å². The zero-order valence-corrected chi connectivity index (χ0v) is 18.9. The molecule has 1 unspecified atom stereocenters. The van der Waals surface area contributed by atoms with Gasteiger partial charge in [-0.25, -0.2) is 0 Å². The number of rotatable bonds is 4. The number of carbonyl (C=O) groups excluding carboxylic acids is 3. The molecule has 1 saturated heterocycles. The monoisotopic (exact) mass is 467 g/mol. The molecule has 1 atom stereocenters. The summed E-state index contributed by atoms with van der Waals surface area (Å²) in [6.07, 6.45) is 4.11. The summed E-state index contributed by atoms with van der Waals surface area (Å²) in [6.45, 7) is 1.31. The molecule has 3 aliphatic heterocycles. The van der Waals surface area contributed by atoms with Crippen LogP contribution < -0.4 is 19.7 Å². The van der Waals surface area contributed by atoms with Gasteiger partial charge in [-0.05, 0) is 37.1 Å². The van der Waals surface area contributed by atoms with Crippen LogP contribution in [0.4, 0.5) is 11.4 Å². The first kappa shape index (κ1) is 21.6. The van der Waals surface area contributed by atoms with E-state index in [-0.39, 0.29) is 31.1 Å². The van der Waals surface area contributed by atoms with E-state index in [1.807, 2.05) is 18.2 Å². The fourth-order valence-electron chi connectivity index (χ4n) is 4.31. The molecule has 1 N–H and O–H groups in total. The third-order valence-corrected chi connectivity index (χ3v) is 7.23. The first-order chi connectivity index (χ1) is 16.1. The van der Waals surface area contributed by atoms with Crippen LogP contribution in [0.1, 0.15) is 25.7 Å². The number of ether oxygens (including phenoxy) is 2. The van der Waals surface area contributed by atoms with Gasteiger partial charge in [-0.1, -0.05) is 25.0 Å². The van der Waals surface area contributed by atoms with Crippen LogP contribution in [0.15, 0.2) is 47.4 Å². The summed E-state index contributed by atoms with van der Waals surface area (Å²) >= 11 is 1.28. The van der Waals surface area contributed by atoms with Crippen LogP contribution >= 0.6 is 11.8 Å². The van der Waals surface area contributed by atoms with Crippen molar-refractivity contribution in [2.24, 2.45) is 0 Å². The lowest BCUT2D eigenvalue weighted by Gasteiger charge is -2.34. The minimum absolute atomic E-state index is 0.149. The summed E-state index contributed by atoms with van der Waals surface area (Å²) in [5.74, 6) is 0.313. The number of amides is 3. The van der Waals surface area contributed by atoms with Gasteiger partial charge in [0.15, 0.2) is 16.7 Å². The molecule has 172 valence electrons. The van der Waals surface area contributed by atoms with Gasteiger partial charge in [-0.15, -0.1) is 11.8 Å². The molecule has 1 fully saturated rings. The van der Waals surface area contributed by atoms with Gasteiger partial charge in [-0.2, -0.15) is 0 Å². The second kappa shape index (κ2) is 9.35. The molecule has 0 bridgehead atoms. The van der Waals surface area contributed by atoms with E-state index in [0.717, 1.165) is 30.6 Å². The highest BCUT2D eigenvalue weighted by Gasteiger charge is 2.40. The van der Waals surface area contributed by atoms with Crippen LogP contribution in [0, 0.1) is 0 Å². The topological polar surface area (TPSA) is 88.2 Å². The number of para-hydroxylation sites is 1. The molecule has 0 saturated carbocycles. The average molecular weight is 468 g/mol. The van der Waals surface area contributed by atoms with Crippen molar-refractivity contribution in [3.8, 4) is 11.5 Å². The molecule has 0 aromatic heterocycles. The SMILES string of the molecule is O=C(CN1C(=O)C(C(=O)N2CCCCCC2)Sc2ccccc21)Nc1ccc2c(c1)OCO2. The molecule has 9 heteroatoms. The van der Waals surface area contributed by atoms with E-state index in [1.54, 1.807) is 29.2 Å². The van der Waals surface area contributed by atoms with Crippen molar-refractivity contribution in [1.29, 1.82) is 0 Å². The van der Waals surface area contributed by atoms with E-state index in [9.17, 15) is 14.4 Å². The third-order valence-electron chi connectivity index (χ3n) is 5.99. The second-order valence-corrected chi connectivity index (χ2v) is 9.39. The predicted molar refractivity (Wildman–Crippen MR) is 125 cm³/mol. The van der Waals surface area contributed by atoms with E-state index in [2.05, 4.69) is 5.32 Å². The molecule has 5 rings (SSSR count). The van der Waals surface area contributed by atoms with Crippen molar-refractivity contribution < 1.29 is 23.9 Å². The number of hydrogen-bond donors (Lipinski definition) is 1. The quantitative estimate of drug-likeness (QED) is 0.695. The predicted octanol–water partition coefficient (Wildman–Crippen LogP) is 3.26. The molecule has 0 aliphatic carbocycles. The molecule has 0 spiro atoms. The fraction of sp³-hybridized carbons (Fsp3) is 0.375. The van der Waals surface area contributed by atoms with E-state index < -0.39 is 5.25 Å². The van der Waals surface area contributed by atoms with Gasteiger partial charge in [0.05, 0.1) is 5.69 Å². The number of hydrogen-bond acceptors (Lipinski definition) is 6. The van der Waals surface area contributed by atoms with Gasteiger partial charge in [-0.3, -0.25) is 14.4 Å². The highest BCUT2D eigenvalue weighted by atomic mass is 32.2. The van der Waals surface area contributed by atoms with Crippen molar-refractivity contribution in [2.75, 3.05) is 36.6 Å². The number of nitrogens with one attached hydrogen (secondary N) is 1. The Kier molecular flexibility index (Phi) is 6.13. The zero-order chi connectivity index (χ0) is 22.8. The Hall–Kier alpha value is -3.20. The maximum atomic E-state index is 13.4. The zero-order valence-electron chi connectivity index (χ0n) is 18.1. The van der Waals surface area contributed by atoms with Crippen LogP contribution in [0.5, 0.6) is 11.5 Å². The lowest BCUT2D eigenvalue weighted by molar-refractivity contribution is -0.135. The fourth-order valence-corrected chi connectivity index (χ4v) is 5.50. The average Bonchev–Trinajstić information content (AvgIpc) is 3.11. The van der Waals surface area contributed by atoms with E-state index in [0.29, 0.717) is 36.0 Å². The van der Waals surface area contributed by atoms with Crippen LogP contribution in [0.25, 0.3) is 0 Å². The Bertz CT molecular complexity index is 1080. The van der Waals surface area contributed by atoms with Crippen LogP contribution in [-0.2, 0) is 14.4 Å². The van der Waals surface area contributed by atoms with Gasteiger partial charge in [0.1, 0.15) is 6.54 Å². The number of likely N-dealkylation sites (tertiary alicyclic amines) is 1. The number of nitrogens with zero attached hydrogens (tertiary/aromatic N) is 2. The number of carbonyl (C=O) groups is 3. The summed E-state index contributed by atoms with van der Waals surface area (Å²) in [7, 11) is 0.